The number of para-hydroxylation sites is 1. The standard InChI is InChI=1S/C44H29NS/c1-3-9-30(10-4-1)32-17-15-31-16-18-34(27-37(31)26-32)33-19-20-36-28-39(22-21-35(36)25-33)45(38-11-5-2-6-12-38)40-23-24-42-41-13-7-8-14-43(41)46-44(42)29-40/h1-29H. The number of hydrogen-bond acceptors (Lipinski definition) is 2. The van der Waals surface area contributed by atoms with E-state index < -0.39 is 0 Å². The zero-order valence-electron chi connectivity index (χ0n) is 25.1. The number of nitrogens with zero attached hydrogens (tertiary/aromatic N) is 1. The molecule has 0 amide bonds. The van der Waals surface area contributed by atoms with Crippen LogP contribution in [-0.4, -0.2) is 0 Å². The first-order valence-corrected chi connectivity index (χ1v) is 16.5. The van der Waals surface area contributed by atoms with Crippen LogP contribution in [0.5, 0.6) is 0 Å². The highest BCUT2D eigenvalue weighted by Gasteiger charge is 2.15. The van der Waals surface area contributed by atoms with Gasteiger partial charge in [0.2, 0.25) is 0 Å². The third kappa shape index (κ3) is 4.72. The van der Waals surface area contributed by atoms with Crippen molar-refractivity contribution in [3.05, 3.63) is 176 Å². The van der Waals surface area contributed by atoms with Gasteiger partial charge < -0.3 is 4.90 Å². The third-order valence-corrected chi connectivity index (χ3v) is 10.1. The van der Waals surface area contributed by atoms with Crippen LogP contribution in [0.2, 0.25) is 0 Å². The minimum Gasteiger partial charge on any atom is -0.310 e. The van der Waals surface area contributed by atoms with Gasteiger partial charge in [0, 0.05) is 37.2 Å². The van der Waals surface area contributed by atoms with Crippen molar-refractivity contribution in [3.63, 3.8) is 0 Å². The maximum Gasteiger partial charge on any atom is 0.0476 e. The number of benzene rings is 8. The van der Waals surface area contributed by atoms with E-state index in [1.165, 1.54) is 64.0 Å². The average Bonchev–Trinajstić information content (AvgIpc) is 3.50. The summed E-state index contributed by atoms with van der Waals surface area (Å²) in [6.45, 7) is 0. The molecule has 1 nitrogen and oxygen atoms in total. The Morgan fingerprint density at radius 2 is 0.848 bits per heavy atom. The highest BCUT2D eigenvalue weighted by atomic mass is 32.1. The second-order valence-electron chi connectivity index (χ2n) is 11.8. The van der Waals surface area contributed by atoms with E-state index in [0.717, 1.165) is 17.1 Å². The van der Waals surface area contributed by atoms with Crippen LogP contribution in [0.15, 0.2) is 176 Å². The van der Waals surface area contributed by atoms with E-state index in [2.05, 4.69) is 181 Å². The minimum absolute atomic E-state index is 1.14. The molecule has 0 aliphatic carbocycles. The fourth-order valence-corrected chi connectivity index (χ4v) is 7.81. The molecule has 1 aromatic heterocycles. The highest BCUT2D eigenvalue weighted by Crippen LogP contribution is 2.41. The van der Waals surface area contributed by atoms with Crippen molar-refractivity contribution in [1.82, 2.24) is 0 Å². The number of fused-ring (bicyclic) bond motifs is 5. The molecular formula is C44H29NS. The van der Waals surface area contributed by atoms with Crippen LogP contribution in [0.25, 0.3) is 64.0 Å². The molecule has 0 radical (unpaired) electrons. The van der Waals surface area contributed by atoms with E-state index in [9.17, 15) is 0 Å². The van der Waals surface area contributed by atoms with Gasteiger partial charge in [-0.3, -0.25) is 0 Å². The smallest absolute Gasteiger partial charge is 0.0476 e. The quantitative estimate of drug-likeness (QED) is 0.189. The third-order valence-electron chi connectivity index (χ3n) is 9.00. The molecule has 0 atom stereocenters. The summed E-state index contributed by atoms with van der Waals surface area (Å²) in [5.41, 5.74) is 8.38. The molecule has 0 saturated carbocycles. The van der Waals surface area contributed by atoms with E-state index in [1.807, 2.05) is 11.3 Å². The molecule has 216 valence electrons. The predicted octanol–water partition coefficient (Wildman–Crippen LogP) is 13.2. The summed E-state index contributed by atoms with van der Waals surface area (Å²) in [5, 5.41) is 7.59. The molecule has 8 aromatic carbocycles. The normalized spacial score (nSPS) is 11.5. The fraction of sp³-hybridized carbons (Fsp3) is 0. The average molecular weight is 604 g/mol. The molecule has 0 fully saturated rings. The first kappa shape index (κ1) is 26.7. The maximum atomic E-state index is 2.37. The van der Waals surface area contributed by atoms with Gasteiger partial charge in [0.1, 0.15) is 0 Å². The van der Waals surface area contributed by atoms with Crippen molar-refractivity contribution < 1.29 is 0 Å². The van der Waals surface area contributed by atoms with Crippen LogP contribution >= 0.6 is 11.3 Å². The summed E-state index contributed by atoms with van der Waals surface area (Å²) < 4.78 is 2.63. The summed E-state index contributed by atoms with van der Waals surface area (Å²) in [6.07, 6.45) is 0. The Kier molecular flexibility index (Phi) is 6.40. The summed E-state index contributed by atoms with van der Waals surface area (Å²) in [5.74, 6) is 0. The first-order chi connectivity index (χ1) is 22.8. The van der Waals surface area contributed by atoms with Gasteiger partial charge in [0.15, 0.2) is 0 Å². The zero-order valence-corrected chi connectivity index (χ0v) is 25.9. The van der Waals surface area contributed by atoms with Crippen LogP contribution in [0.1, 0.15) is 0 Å². The summed E-state index contributed by atoms with van der Waals surface area (Å²) in [6, 6.07) is 64.0. The highest BCUT2D eigenvalue weighted by molar-refractivity contribution is 7.25. The lowest BCUT2D eigenvalue weighted by molar-refractivity contribution is 1.30. The molecule has 0 bridgehead atoms. The molecule has 0 spiro atoms. The fourth-order valence-electron chi connectivity index (χ4n) is 6.67. The largest absolute Gasteiger partial charge is 0.310 e. The van der Waals surface area contributed by atoms with Crippen molar-refractivity contribution in [2.75, 3.05) is 4.90 Å². The Labute approximate surface area is 272 Å². The van der Waals surface area contributed by atoms with E-state index in [1.54, 1.807) is 0 Å². The van der Waals surface area contributed by atoms with Crippen molar-refractivity contribution in [1.29, 1.82) is 0 Å². The molecule has 0 N–H and O–H groups in total. The summed E-state index contributed by atoms with van der Waals surface area (Å²) in [7, 11) is 0. The molecule has 46 heavy (non-hydrogen) atoms. The number of hydrogen-bond donors (Lipinski definition) is 0. The lowest BCUT2D eigenvalue weighted by atomic mass is 9.96. The van der Waals surface area contributed by atoms with Crippen LogP contribution in [0.4, 0.5) is 17.1 Å². The van der Waals surface area contributed by atoms with Gasteiger partial charge >= 0.3 is 0 Å². The molecule has 0 aliphatic heterocycles. The predicted molar refractivity (Wildman–Crippen MR) is 200 cm³/mol. The lowest BCUT2D eigenvalue weighted by Crippen LogP contribution is -2.09. The van der Waals surface area contributed by atoms with E-state index in [-0.39, 0.29) is 0 Å². The summed E-state index contributed by atoms with van der Waals surface area (Å²) >= 11 is 1.86. The van der Waals surface area contributed by atoms with Crippen LogP contribution in [0.3, 0.4) is 0 Å². The van der Waals surface area contributed by atoms with E-state index in [4.69, 9.17) is 0 Å². The minimum atomic E-state index is 1.14. The number of thiophene rings is 1. The molecule has 2 heteroatoms. The van der Waals surface area contributed by atoms with Gasteiger partial charge in [-0.2, -0.15) is 0 Å². The lowest BCUT2D eigenvalue weighted by Gasteiger charge is -2.26. The molecule has 0 saturated heterocycles. The van der Waals surface area contributed by atoms with E-state index in [0.29, 0.717) is 0 Å². The first-order valence-electron chi connectivity index (χ1n) is 15.7. The second kappa shape index (κ2) is 11.0. The van der Waals surface area contributed by atoms with Crippen LogP contribution in [0, 0.1) is 0 Å². The van der Waals surface area contributed by atoms with E-state index >= 15 is 0 Å². The zero-order chi connectivity index (χ0) is 30.5. The van der Waals surface area contributed by atoms with Gasteiger partial charge in [0.05, 0.1) is 0 Å². The van der Waals surface area contributed by atoms with Crippen molar-refractivity contribution >= 4 is 70.1 Å². The van der Waals surface area contributed by atoms with Gasteiger partial charge in [-0.25, -0.2) is 0 Å². The summed E-state index contributed by atoms with van der Waals surface area (Å²) in [4.78, 5) is 2.37. The molecule has 0 aliphatic rings. The van der Waals surface area contributed by atoms with Crippen molar-refractivity contribution in [2.24, 2.45) is 0 Å². The van der Waals surface area contributed by atoms with Gasteiger partial charge in [0.25, 0.3) is 0 Å². The Morgan fingerprint density at radius 1 is 0.304 bits per heavy atom. The van der Waals surface area contributed by atoms with Gasteiger partial charge in [-0.15, -0.1) is 11.3 Å². The molecular weight excluding hydrogens is 575 g/mol. The number of rotatable bonds is 5. The Bertz CT molecular complexity index is 2530. The Morgan fingerprint density at radius 3 is 1.63 bits per heavy atom. The Balaban J connectivity index is 1.10. The van der Waals surface area contributed by atoms with Crippen molar-refractivity contribution in [2.45, 2.75) is 0 Å². The topological polar surface area (TPSA) is 3.24 Å². The number of anilines is 3. The van der Waals surface area contributed by atoms with Crippen LogP contribution in [-0.2, 0) is 0 Å². The van der Waals surface area contributed by atoms with Gasteiger partial charge in [-0.05, 0) is 104 Å². The van der Waals surface area contributed by atoms with Gasteiger partial charge in [-0.1, -0.05) is 115 Å². The second-order valence-corrected chi connectivity index (χ2v) is 12.9. The molecule has 0 unspecified atom stereocenters. The maximum absolute atomic E-state index is 2.37. The SMILES string of the molecule is c1ccc(-c2ccc3ccc(-c4ccc5cc(N(c6ccccc6)c6ccc7c(c6)sc6ccccc67)ccc5c4)cc3c2)cc1. The molecule has 1 heterocycles. The molecule has 9 aromatic rings. The van der Waals surface area contributed by atoms with Crippen LogP contribution < -0.4 is 4.90 Å². The monoisotopic (exact) mass is 603 g/mol. The van der Waals surface area contributed by atoms with Crippen molar-refractivity contribution in [3.8, 4) is 22.3 Å². The Hall–Kier alpha value is -5.70. The molecule has 9 rings (SSSR count).